The van der Waals surface area contributed by atoms with Gasteiger partial charge in [-0.2, -0.15) is 8.42 Å². The Bertz CT molecular complexity index is 424. The van der Waals surface area contributed by atoms with Gasteiger partial charge in [0.2, 0.25) is 5.91 Å². The second-order valence-corrected chi connectivity index (χ2v) is 5.82. The van der Waals surface area contributed by atoms with Crippen LogP contribution >= 0.6 is 0 Å². The van der Waals surface area contributed by atoms with Gasteiger partial charge in [0.15, 0.2) is 0 Å². The third-order valence-electron chi connectivity index (χ3n) is 2.77. The van der Waals surface area contributed by atoms with Crippen molar-refractivity contribution in [1.82, 2.24) is 4.72 Å². The van der Waals surface area contributed by atoms with Crippen molar-refractivity contribution in [2.24, 2.45) is 11.8 Å². The summed E-state index contributed by atoms with van der Waals surface area (Å²) in [4.78, 5) is 11.5. The van der Waals surface area contributed by atoms with Crippen molar-refractivity contribution in [3.8, 4) is 0 Å². The van der Waals surface area contributed by atoms with Crippen LogP contribution in [0, 0.1) is 11.8 Å². The Kier molecular flexibility index (Phi) is 2.79. The van der Waals surface area contributed by atoms with E-state index in [9.17, 15) is 13.2 Å². The molecule has 0 saturated heterocycles. The maximum absolute atomic E-state index is 11.5. The Balaban J connectivity index is 1.85. The normalized spacial score (nSPS) is 28.6. The lowest BCUT2D eigenvalue weighted by Crippen LogP contribution is -2.34. The van der Waals surface area contributed by atoms with E-state index in [1.54, 1.807) is 0 Å². The minimum absolute atomic E-state index is 0.121. The standard InChI is InChI=1S/C10H15NO4S/c1-6(2)8-5-9(8)10(12)11-16(13,14)15-7-3-4-7/h7-9H,1,3-5H2,2H3,(H,11,12)/t8-,9-/m0/s1. The monoisotopic (exact) mass is 245 g/mol. The second-order valence-electron chi connectivity index (χ2n) is 4.51. The van der Waals surface area contributed by atoms with Gasteiger partial charge in [0.1, 0.15) is 0 Å². The number of hydrogen-bond donors (Lipinski definition) is 1. The molecule has 5 nitrogen and oxygen atoms in total. The highest BCUT2D eigenvalue weighted by atomic mass is 32.2. The number of nitrogens with one attached hydrogen (secondary N) is 1. The summed E-state index contributed by atoms with van der Waals surface area (Å²) in [5, 5.41) is 0. The first kappa shape index (κ1) is 11.6. The predicted molar refractivity (Wildman–Crippen MR) is 57.6 cm³/mol. The number of hydrogen-bond acceptors (Lipinski definition) is 4. The molecule has 90 valence electrons. The van der Waals surface area contributed by atoms with Crippen molar-refractivity contribution in [2.45, 2.75) is 32.3 Å². The molecule has 16 heavy (non-hydrogen) atoms. The van der Waals surface area contributed by atoms with Gasteiger partial charge in [-0.05, 0) is 32.1 Å². The molecule has 6 heteroatoms. The maximum atomic E-state index is 11.5. The molecule has 0 unspecified atom stereocenters. The minimum Gasteiger partial charge on any atom is -0.274 e. The number of carbonyl (C=O) groups is 1. The van der Waals surface area contributed by atoms with Crippen LogP contribution in [-0.2, 0) is 19.3 Å². The first-order valence-electron chi connectivity index (χ1n) is 5.29. The van der Waals surface area contributed by atoms with Crippen molar-refractivity contribution < 1.29 is 17.4 Å². The molecule has 1 N–H and O–H groups in total. The highest BCUT2D eigenvalue weighted by Gasteiger charge is 2.45. The van der Waals surface area contributed by atoms with E-state index < -0.39 is 16.2 Å². The Hall–Kier alpha value is -0.880. The van der Waals surface area contributed by atoms with Crippen LogP contribution in [0.3, 0.4) is 0 Å². The summed E-state index contributed by atoms with van der Waals surface area (Å²) in [5.41, 5.74) is 0.917. The topological polar surface area (TPSA) is 72.5 Å². The molecule has 2 aliphatic rings. The van der Waals surface area contributed by atoms with Crippen LogP contribution < -0.4 is 4.72 Å². The van der Waals surface area contributed by atoms with Crippen molar-refractivity contribution in [1.29, 1.82) is 0 Å². The zero-order valence-electron chi connectivity index (χ0n) is 9.10. The largest absolute Gasteiger partial charge is 0.362 e. The van der Waals surface area contributed by atoms with E-state index in [0.29, 0.717) is 6.42 Å². The van der Waals surface area contributed by atoms with Gasteiger partial charge in [-0.15, -0.1) is 0 Å². The number of amides is 1. The molecule has 2 rings (SSSR count). The molecular formula is C10H15NO4S. The van der Waals surface area contributed by atoms with Gasteiger partial charge < -0.3 is 0 Å². The van der Waals surface area contributed by atoms with Crippen LogP contribution in [0.15, 0.2) is 12.2 Å². The summed E-state index contributed by atoms with van der Waals surface area (Å²) in [6.07, 6.45) is 1.93. The summed E-state index contributed by atoms with van der Waals surface area (Å²) in [5.74, 6) is -0.611. The van der Waals surface area contributed by atoms with Crippen molar-refractivity contribution in [3.05, 3.63) is 12.2 Å². The summed E-state index contributed by atoms with van der Waals surface area (Å²) in [7, 11) is -3.90. The molecule has 0 aromatic heterocycles. The van der Waals surface area contributed by atoms with Gasteiger partial charge in [0.25, 0.3) is 0 Å². The molecule has 0 bridgehead atoms. The zero-order chi connectivity index (χ0) is 11.9. The lowest BCUT2D eigenvalue weighted by molar-refractivity contribution is -0.120. The summed E-state index contributed by atoms with van der Waals surface area (Å²) in [6.45, 7) is 5.58. The molecule has 0 spiro atoms. The molecular weight excluding hydrogens is 230 g/mol. The molecule has 2 fully saturated rings. The SMILES string of the molecule is C=C(C)[C@@H]1C[C@@H]1C(=O)NS(=O)(=O)OC1CC1. The fraction of sp³-hybridized carbons (Fsp3) is 0.700. The molecule has 2 aliphatic carbocycles. The molecule has 0 heterocycles. The Labute approximate surface area is 95.1 Å². The number of carbonyl (C=O) groups excluding carboxylic acids is 1. The Morgan fingerprint density at radius 2 is 2.00 bits per heavy atom. The highest BCUT2D eigenvalue weighted by Crippen LogP contribution is 2.43. The van der Waals surface area contributed by atoms with Crippen LogP contribution in [0.5, 0.6) is 0 Å². The van der Waals surface area contributed by atoms with Gasteiger partial charge in [-0.25, -0.2) is 4.72 Å². The van der Waals surface area contributed by atoms with Crippen LogP contribution in [-0.4, -0.2) is 20.4 Å². The lowest BCUT2D eigenvalue weighted by atomic mass is 10.2. The van der Waals surface area contributed by atoms with Crippen molar-refractivity contribution >= 4 is 16.2 Å². The summed E-state index contributed by atoms with van der Waals surface area (Å²) < 4.78 is 29.3. The predicted octanol–water partition coefficient (Wildman–Crippen LogP) is 0.739. The third kappa shape index (κ3) is 2.82. The van der Waals surface area contributed by atoms with Gasteiger partial charge in [-0.1, -0.05) is 12.2 Å². The van der Waals surface area contributed by atoms with E-state index in [2.05, 4.69) is 6.58 Å². The average molecular weight is 245 g/mol. The van der Waals surface area contributed by atoms with Gasteiger partial charge >= 0.3 is 10.3 Å². The summed E-state index contributed by atoms with van der Waals surface area (Å²) in [6, 6.07) is 0. The summed E-state index contributed by atoms with van der Waals surface area (Å²) >= 11 is 0. The molecule has 0 aliphatic heterocycles. The average Bonchev–Trinajstić information content (AvgIpc) is 2.95. The van der Waals surface area contributed by atoms with E-state index in [4.69, 9.17) is 4.18 Å². The molecule has 0 aromatic rings. The molecule has 1 amide bonds. The number of rotatable bonds is 5. The molecule has 0 aromatic carbocycles. The van der Waals surface area contributed by atoms with E-state index in [1.165, 1.54) is 0 Å². The Morgan fingerprint density at radius 1 is 1.38 bits per heavy atom. The zero-order valence-corrected chi connectivity index (χ0v) is 9.92. The quantitative estimate of drug-likeness (QED) is 0.725. The first-order valence-corrected chi connectivity index (χ1v) is 6.70. The third-order valence-corrected chi connectivity index (χ3v) is 3.75. The highest BCUT2D eigenvalue weighted by molar-refractivity contribution is 7.85. The fourth-order valence-corrected chi connectivity index (χ4v) is 2.59. The maximum Gasteiger partial charge on any atom is 0.362 e. The van der Waals surface area contributed by atoms with Gasteiger partial charge in [0.05, 0.1) is 6.10 Å². The van der Waals surface area contributed by atoms with Crippen LogP contribution in [0.4, 0.5) is 0 Å². The second kappa shape index (κ2) is 3.85. The van der Waals surface area contributed by atoms with Crippen molar-refractivity contribution in [3.63, 3.8) is 0 Å². The van der Waals surface area contributed by atoms with E-state index >= 15 is 0 Å². The molecule has 0 radical (unpaired) electrons. The van der Waals surface area contributed by atoms with E-state index in [0.717, 1.165) is 18.4 Å². The smallest absolute Gasteiger partial charge is 0.274 e. The molecule has 2 saturated carbocycles. The van der Waals surface area contributed by atoms with Crippen LogP contribution in [0.25, 0.3) is 0 Å². The van der Waals surface area contributed by atoms with Crippen LogP contribution in [0.1, 0.15) is 26.2 Å². The number of allylic oxidation sites excluding steroid dienone is 1. The Morgan fingerprint density at radius 3 is 2.44 bits per heavy atom. The minimum atomic E-state index is -3.90. The van der Waals surface area contributed by atoms with E-state index in [1.807, 2.05) is 11.6 Å². The first-order chi connectivity index (χ1) is 7.39. The molecule has 2 atom stereocenters. The van der Waals surface area contributed by atoms with Gasteiger partial charge in [0, 0.05) is 5.92 Å². The fourth-order valence-electron chi connectivity index (χ4n) is 1.60. The lowest BCUT2D eigenvalue weighted by Gasteiger charge is -2.05. The van der Waals surface area contributed by atoms with E-state index in [-0.39, 0.29) is 17.9 Å². The van der Waals surface area contributed by atoms with Crippen molar-refractivity contribution in [2.75, 3.05) is 0 Å². The van der Waals surface area contributed by atoms with Gasteiger partial charge in [-0.3, -0.25) is 8.98 Å². The van der Waals surface area contributed by atoms with Crippen LogP contribution in [0.2, 0.25) is 0 Å².